The van der Waals surface area contributed by atoms with Gasteiger partial charge in [0.2, 0.25) is 0 Å². The molecule has 0 bridgehead atoms. The zero-order valence-corrected chi connectivity index (χ0v) is 9.06. The fourth-order valence-electron chi connectivity index (χ4n) is 1.63. The number of rotatable bonds is 1. The number of thiazole rings is 1. The smallest absolute Gasteiger partial charge is 0.114 e. The van der Waals surface area contributed by atoms with Crippen molar-refractivity contribution in [1.29, 1.82) is 0 Å². The van der Waals surface area contributed by atoms with Crippen molar-refractivity contribution in [3.63, 3.8) is 0 Å². The SMILES string of the molecule is Cc1cccc(C)c1-c1ncsc1N. The van der Waals surface area contributed by atoms with Crippen molar-refractivity contribution >= 4 is 16.3 Å². The Morgan fingerprint density at radius 3 is 2.36 bits per heavy atom. The van der Waals surface area contributed by atoms with Gasteiger partial charge in [-0.2, -0.15) is 0 Å². The van der Waals surface area contributed by atoms with E-state index in [-0.39, 0.29) is 0 Å². The monoisotopic (exact) mass is 204 g/mol. The Balaban J connectivity index is 2.68. The van der Waals surface area contributed by atoms with Gasteiger partial charge >= 0.3 is 0 Å². The van der Waals surface area contributed by atoms with Crippen molar-refractivity contribution in [2.45, 2.75) is 13.8 Å². The van der Waals surface area contributed by atoms with Crippen molar-refractivity contribution in [2.75, 3.05) is 5.73 Å². The summed E-state index contributed by atoms with van der Waals surface area (Å²) in [4.78, 5) is 4.30. The quantitative estimate of drug-likeness (QED) is 0.775. The summed E-state index contributed by atoms with van der Waals surface area (Å²) in [7, 11) is 0. The topological polar surface area (TPSA) is 38.9 Å². The number of aromatic nitrogens is 1. The van der Waals surface area contributed by atoms with Crippen LogP contribution in [0.2, 0.25) is 0 Å². The molecule has 3 heteroatoms. The van der Waals surface area contributed by atoms with Gasteiger partial charge in [0, 0.05) is 5.56 Å². The Hall–Kier alpha value is -1.35. The summed E-state index contributed by atoms with van der Waals surface area (Å²) < 4.78 is 0. The lowest BCUT2D eigenvalue weighted by Crippen LogP contribution is -1.91. The highest BCUT2D eigenvalue weighted by molar-refractivity contribution is 7.14. The van der Waals surface area contributed by atoms with E-state index in [1.54, 1.807) is 5.51 Å². The summed E-state index contributed by atoms with van der Waals surface area (Å²) in [5, 5.41) is 0.794. The van der Waals surface area contributed by atoms with Gasteiger partial charge in [-0.1, -0.05) is 18.2 Å². The minimum absolute atomic E-state index is 0.794. The van der Waals surface area contributed by atoms with E-state index < -0.39 is 0 Å². The molecule has 2 rings (SSSR count). The molecule has 0 amide bonds. The number of nitrogen functional groups attached to an aromatic ring is 1. The predicted molar refractivity (Wildman–Crippen MR) is 61.4 cm³/mol. The van der Waals surface area contributed by atoms with Gasteiger partial charge in [0.1, 0.15) is 10.7 Å². The number of aryl methyl sites for hydroxylation is 2. The molecule has 0 aliphatic rings. The normalized spacial score (nSPS) is 10.4. The van der Waals surface area contributed by atoms with Gasteiger partial charge in [-0.25, -0.2) is 4.98 Å². The summed E-state index contributed by atoms with van der Waals surface area (Å²) in [6, 6.07) is 6.22. The maximum absolute atomic E-state index is 5.87. The molecule has 0 atom stereocenters. The summed E-state index contributed by atoms with van der Waals surface area (Å²) in [5.41, 5.74) is 12.2. The van der Waals surface area contributed by atoms with E-state index in [0.29, 0.717) is 0 Å². The molecule has 72 valence electrons. The van der Waals surface area contributed by atoms with Crippen LogP contribution in [0.25, 0.3) is 11.3 Å². The Kier molecular flexibility index (Phi) is 2.25. The third-order valence-corrected chi connectivity index (χ3v) is 2.97. The Bertz CT molecular complexity index is 440. The number of benzene rings is 1. The lowest BCUT2D eigenvalue weighted by Gasteiger charge is -2.07. The Morgan fingerprint density at radius 1 is 1.21 bits per heavy atom. The number of anilines is 1. The molecule has 1 aromatic carbocycles. The second kappa shape index (κ2) is 3.42. The van der Waals surface area contributed by atoms with Crippen LogP contribution in [0.15, 0.2) is 23.7 Å². The summed E-state index contributed by atoms with van der Waals surface area (Å²) in [6.45, 7) is 4.17. The lowest BCUT2D eigenvalue weighted by molar-refractivity contribution is 1.32. The molecule has 14 heavy (non-hydrogen) atoms. The highest BCUT2D eigenvalue weighted by atomic mass is 32.1. The first kappa shape index (κ1) is 9.21. The van der Waals surface area contributed by atoms with Crippen LogP contribution in [0.1, 0.15) is 11.1 Å². The van der Waals surface area contributed by atoms with Gasteiger partial charge in [0.25, 0.3) is 0 Å². The van der Waals surface area contributed by atoms with Gasteiger partial charge in [-0.05, 0) is 25.0 Å². The number of nitrogens with zero attached hydrogens (tertiary/aromatic N) is 1. The second-order valence-electron chi connectivity index (χ2n) is 3.33. The Morgan fingerprint density at radius 2 is 1.86 bits per heavy atom. The van der Waals surface area contributed by atoms with Crippen LogP contribution in [0.4, 0.5) is 5.00 Å². The third-order valence-electron chi connectivity index (χ3n) is 2.31. The Labute approximate surface area is 87.4 Å². The van der Waals surface area contributed by atoms with E-state index >= 15 is 0 Å². The molecule has 0 saturated heterocycles. The summed E-state index contributed by atoms with van der Waals surface area (Å²) >= 11 is 1.48. The van der Waals surface area contributed by atoms with Crippen molar-refractivity contribution in [3.05, 3.63) is 34.8 Å². The van der Waals surface area contributed by atoms with Crippen LogP contribution in [-0.4, -0.2) is 4.98 Å². The lowest BCUT2D eigenvalue weighted by atomic mass is 10.0. The third kappa shape index (κ3) is 1.40. The van der Waals surface area contributed by atoms with Gasteiger partial charge in [0.15, 0.2) is 0 Å². The average Bonchev–Trinajstić information content (AvgIpc) is 2.52. The van der Waals surface area contributed by atoms with E-state index in [9.17, 15) is 0 Å². The van der Waals surface area contributed by atoms with E-state index in [0.717, 1.165) is 10.7 Å². The van der Waals surface area contributed by atoms with Crippen molar-refractivity contribution in [2.24, 2.45) is 0 Å². The van der Waals surface area contributed by atoms with E-state index in [4.69, 9.17) is 5.73 Å². The molecular weight excluding hydrogens is 192 g/mol. The highest BCUT2D eigenvalue weighted by Gasteiger charge is 2.10. The van der Waals surface area contributed by atoms with Gasteiger partial charge in [-0.3, -0.25) is 0 Å². The molecule has 1 aromatic heterocycles. The second-order valence-corrected chi connectivity index (χ2v) is 4.22. The van der Waals surface area contributed by atoms with Crippen molar-refractivity contribution < 1.29 is 0 Å². The molecule has 0 saturated carbocycles. The van der Waals surface area contributed by atoms with Crippen LogP contribution in [-0.2, 0) is 0 Å². The molecule has 0 spiro atoms. The van der Waals surface area contributed by atoms with Gasteiger partial charge in [0.05, 0.1) is 5.51 Å². The number of hydrogen-bond donors (Lipinski definition) is 1. The van der Waals surface area contributed by atoms with Crippen LogP contribution in [0.3, 0.4) is 0 Å². The fourth-order valence-corrected chi connectivity index (χ4v) is 2.17. The van der Waals surface area contributed by atoms with Crippen LogP contribution < -0.4 is 5.73 Å². The molecule has 0 fully saturated rings. The number of nitrogens with two attached hydrogens (primary N) is 1. The van der Waals surface area contributed by atoms with Gasteiger partial charge < -0.3 is 5.73 Å². The van der Waals surface area contributed by atoms with Crippen LogP contribution in [0.5, 0.6) is 0 Å². The summed E-state index contributed by atoms with van der Waals surface area (Å²) in [5.74, 6) is 0. The maximum atomic E-state index is 5.87. The molecular formula is C11H12N2S. The minimum atomic E-state index is 0.794. The first-order valence-corrected chi connectivity index (χ1v) is 5.33. The van der Waals surface area contributed by atoms with Crippen molar-refractivity contribution in [1.82, 2.24) is 4.98 Å². The molecule has 2 N–H and O–H groups in total. The largest absolute Gasteiger partial charge is 0.389 e. The molecule has 0 aliphatic heterocycles. The van der Waals surface area contributed by atoms with E-state index in [1.165, 1.54) is 28.0 Å². The molecule has 2 aromatic rings. The fraction of sp³-hybridized carbons (Fsp3) is 0.182. The van der Waals surface area contributed by atoms with E-state index in [2.05, 4.69) is 37.0 Å². The minimum Gasteiger partial charge on any atom is -0.389 e. The zero-order valence-electron chi connectivity index (χ0n) is 8.24. The molecule has 2 nitrogen and oxygen atoms in total. The van der Waals surface area contributed by atoms with Crippen LogP contribution >= 0.6 is 11.3 Å². The standard InChI is InChI=1S/C11H12N2S/c1-7-4-3-5-8(2)9(7)10-11(12)14-6-13-10/h3-6H,12H2,1-2H3. The molecule has 0 unspecified atom stereocenters. The van der Waals surface area contributed by atoms with Gasteiger partial charge in [-0.15, -0.1) is 11.3 Å². The van der Waals surface area contributed by atoms with Crippen LogP contribution in [0, 0.1) is 13.8 Å². The molecule has 0 aliphatic carbocycles. The van der Waals surface area contributed by atoms with Crippen molar-refractivity contribution in [3.8, 4) is 11.3 Å². The average molecular weight is 204 g/mol. The molecule has 1 heterocycles. The summed E-state index contributed by atoms with van der Waals surface area (Å²) in [6.07, 6.45) is 0. The predicted octanol–water partition coefficient (Wildman–Crippen LogP) is 3.01. The van der Waals surface area contributed by atoms with E-state index in [1.807, 2.05) is 0 Å². The first-order valence-electron chi connectivity index (χ1n) is 4.45. The molecule has 0 radical (unpaired) electrons. The zero-order chi connectivity index (χ0) is 10.1. The number of hydrogen-bond acceptors (Lipinski definition) is 3. The first-order chi connectivity index (χ1) is 6.70. The highest BCUT2D eigenvalue weighted by Crippen LogP contribution is 2.32. The maximum Gasteiger partial charge on any atom is 0.114 e.